The summed E-state index contributed by atoms with van der Waals surface area (Å²) in [5.74, 6) is 0.708. The summed E-state index contributed by atoms with van der Waals surface area (Å²) in [5.41, 5.74) is 2.39. The lowest BCUT2D eigenvalue weighted by Crippen LogP contribution is -1.84. The highest BCUT2D eigenvalue weighted by atomic mass is 15.0. The van der Waals surface area contributed by atoms with Crippen LogP contribution in [-0.4, -0.2) is 14.4 Å². The van der Waals surface area contributed by atoms with Crippen molar-refractivity contribution in [1.82, 2.24) is 14.4 Å². The first-order chi connectivity index (χ1) is 5.95. The van der Waals surface area contributed by atoms with Crippen molar-refractivity contribution in [2.24, 2.45) is 0 Å². The zero-order valence-electron chi connectivity index (χ0n) is 6.64. The summed E-state index contributed by atoms with van der Waals surface area (Å²) in [4.78, 5) is 8.48. The summed E-state index contributed by atoms with van der Waals surface area (Å²) in [6.07, 6.45) is 10.1. The van der Waals surface area contributed by atoms with E-state index < -0.39 is 0 Å². The summed E-state index contributed by atoms with van der Waals surface area (Å²) >= 11 is 0. The Morgan fingerprint density at radius 3 is 3.17 bits per heavy atom. The van der Waals surface area contributed by atoms with Gasteiger partial charge in [0.2, 0.25) is 0 Å². The van der Waals surface area contributed by atoms with Crippen LogP contribution in [0.1, 0.15) is 24.5 Å². The third-order valence-electron chi connectivity index (χ3n) is 2.34. The summed E-state index contributed by atoms with van der Waals surface area (Å²) < 4.78 is 2.03. The average Bonchev–Trinajstić information content (AvgIpc) is 2.86. The SMILES string of the molecule is c1cn2cnc(C3CC3)c2cn1. The van der Waals surface area contributed by atoms with Crippen LogP contribution in [0, 0.1) is 0 Å². The smallest absolute Gasteiger partial charge is 0.0996 e. The topological polar surface area (TPSA) is 30.2 Å². The van der Waals surface area contributed by atoms with Crippen LogP contribution in [0.25, 0.3) is 5.52 Å². The molecule has 1 aliphatic carbocycles. The molecule has 0 N–H and O–H groups in total. The summed E-state index contributed by atoms with van der Waals surface area (Å²) in [6, 6.07) is 0. The molecule has 0 atom stereocenters. The maximum Gasteiger partial charge on any atom is 0.0996 e. The first kappa shape index (κ1) is 6.17. The number of hydrogen-bond donors (Lipinski definition) is 0. The Labute approximate surface area is 70.1 Å². The predicted octanol–water partition coefficient (Wildman–Crippen LogP) is 1.61. The number of nitrogens with zero attached hydrogens (tertiary/aromatic N) is 3. The van der Waals surface area contributed by atoms with Gasteiger partial charge in [0.05, 0.1) is 23.7 Å². The van der Waals surface area contributed by atoms with E-state index in [9.17, 15) is 0 Å². The molecule has 0 amide bonds. The van der Waals surface area contributed by atoms with E-state index in [-0.39, 0.29) is 0 Å². The molecule has 2 aromatic rings. The van der Waals surface area contributed by atoms with Crippen molar-refractivity contribution in [1.29, 1.82) is 0 Å². The molecule has 1 saturated carbocycles. The fraction of sp³-hybridized carbons (Fsp3) is 0.333. The van der Waals surface area contributed by atoms with Crippen LogP contribution in [0.2, 0.25) is 0 Å². The molecule has 3 rings (SSSR count). The van der Waals surface area contributed by atoms with Gasteiger partial charge < -0.3 is 4.40 Å². The predicted molar refractivity (Wildman–Crippen MR) is 45.0 cm³/mol. The van der Waals surface area contributed by atoms with E-state index in [0.29, 0.717) is 5.92 Å². The third kappa shape index (κ3) is 0.763. The number of fused-ring (bicyclic) bond motifs is 1. The van der Waals surface area contributed by atoms with Crippen LogP contribution in [-0.2, 0) is 0 Å². The zero-order chi connectivity index (χ0) is 7.97. The van der Waals surface area contributed by atoms with Crippen molar-refractivity contribution in [3.63, 3.8) is 0 Å². The Bertz CT molecular complexity index is 414. The van der Waals surface area contributed by atoms with Gasteiger partial charge in [0.15, 0.2) is 0 Å². The lowest BCUT2D eigenvalue weighted by atomic mass is 10.3. The van der Waals surface area contributed by atoms with E-state index in [0.717, 1.165) is 0 Å². The minimum Gasteiger partial charge on any atom is -0.303 e. The molecule has 0 bridgehead atoms. The van der Waals surface area contributed by atoms with Gasteiger partial charge in [-0.15, -0.1) is 0 Å². The summed E-state index contributed by atoms with van der Waals surface area (Å²) in [5, 5.41) is 0. The molecule has 3 nitrogen and oxygen atoms in total. The molecule has 12 heavy (non-hydrogen) atoms. The van der Waals surface area contributed by atoms with Crippen molar-refractivity contribution >= 4 is 5.52 Å². The minimum absolute atomic E-state index is 0.708. The zero-order valence-corrected chi connectivity index (χ0v) is 6.64. The highest BCUT2D eigenvalue weighted by Gasteiger charge is 2.27. The highest BCUT2D eigenvalue weighted by molar-refractivity contribution is 5.52. The van der Waals surface area contributed by atoms with Crippen molar-refractivity contribution in [2.75, 3.05) is 0 Å². The van der Waals surface area contributed by atoms with Gasteiger partial charge in [0, 0.05) is 18.3 Å². The molecule has 1 fully saturated rings. The number of hydrogen-bond acceptors (Lipinski definition) is 2. The Balaban J connectivity index is 2.30. The van der Waals surface area contributed by atoms with Gasteiger partial charge in [-0.25, -0.2) is 4.98 Å². The van der Waals surface area contributed by atoms with E-state index in [1.807, 2.05) is 23.1 Å². The monoisotopic (exact) mass is 159 g/mol. The number of aromatic nitrogens is 3. The molecule has 2 aromatic heterocycles. The van der Waals surface area contributed by atoms with E-state index in [4.69, 9.17) is 0 Å². The lowest BCUT2D eigenvalue weighted by molar-refractivity contribution is 1.06. The second-order valence-electron chi connectivity index (χ2n) is 3.27. The second kappa shape index (κ2) is 2.06. The molecule has 0 unspecified atom stereocenters. The maximum absolute atomic E-state index is 4.38. The van der Waals surface area contributed by atoms with Gasteiger partial charge in [-0.05, 0) is 12.8 Å². The van der Waals surface area contributed by atoms with E-state index in [1.165, 1.54) is 24.1 Å². The van der Waals surface area contributed by atoms with Gasteiger partial charge in [-0.3, -0.25) is 4.98 Å². The molecule has 3 heteroatoms. The van der Waals surface area contributed by atoms with E-state index in [1.54, 1.807) is 6.20 Å². The van der Waals surface area contributed by atoms with Gasteiger partial charge in [-0.2, -0.15) is 0 Å². The third-order valence-corrected chi connectivity index (χ3v) is 2.34. The first-order valence-corrected chi connectivity index (χ1v) is 4.22. The Hall–Kier alpha value is -1.38. The number of rotatable bonds is 1. The highest BCUT2D eigenvalue weighted by Crippen LogP contribution is 2.40. The van der Waals surface area contributed by atoms with Gasteiger partial charge in [0.25, 0.3) is 0 Å². The van der Waals surface area contributed by atoms with Gasteiger partial charge >= 0.3 is 0 Å². The molecule has 0 radical (unpaired) electrons. The quantitative estimate of drug-likeness (QED) is 0.632. The first-order valence-electron chi connectivity index (χ1n) is 4.22. The van der Waals surface area contributed by atoms with Gasteiger partial charge in [-0.1, -0.05) is 0 Å². The normalized spacial score (nSPS) is 17.0. The lowest BCUT2D eigenvalue weighted by Gasteiger charge is -1.92. The van der Waals surface area contributed by atoms with Crippen molar-refractivity contribution in [3.05, 3.63) is 30.6 Å². The van der Waals surface area contributed by atoms with Crippen molar-refractivity contribution in [3.8, 4) is 0 Å². The second-order valence-corrected chi connectivity index (χ2v) is 3.27. The molecule has 1 aliphatic rings. The summed E-state index contributed by atoms with van der Waals surface area (Å²) in [6.45, 7) is 0. The van der Waals surface area contributed by atoms with Crippen molar-refractivity contribution < 1.29 is 0 Å². The van der Waals surface area contributed by atoms with Crippen LogP contribution >= 0.6 is 0 Å². The molecule has 2 heterocycles. The summed E-state index contributed by atoms with van der Waals surface area (Å²) in [7, 11) is 0. The molecule has 0 spiro atoms. The van der Waals surface area contributed by atoms with Crippen LogP contribution in [0.5, 0.6) is 0 Å². The Morgan fingerprint density at radius 2 is 2.33 bits per heavy atom. The molecule has 0 aliphatic heterocycles. The number of imidazole rings is 1. The Kier molecular flexibility index (Phi) is 1.06. The fourth-order valence-electron chi connectivity index (χ4n) is 1.53. The van der Waals surface area contributed by atoms with Crippen LogP contribution in [0.15, 0.2) is 24.9 Å². The maximum atomic E-state index is 4.38. The molecule has 60 valence electrons. The average molecular weight is 159 g/mol. The molecule has 0 aromatic carbocycles. The minimum atomic E-state index is 0.708. The van der Waals surface area contributed by atoms with Crippen LogP contribution in [0.3, 0.4) is 0 Å². The van der Waals surface area contributed by atoms with Crippen molar-refractivity contribution in [2.45, 2.75) is 18.8 Å². The molecule has 0 saturated heterocycles. The van der Waals surface area contributed by atoms with E-state index >= 15 is 0 Å². The van der Waals surface area contributed by atoms with Crippen LogP contribution in [0.4, 0.5) is 0 Å². The van der Waals surface area contributed by atoms with Gasteiger partial charge in [0.1, 0.15) is 0 Å². The fourth-order valence-corrected chi connectivity index (χ4v) is 1.53. The molecular formula is C9H9N3. The van der Waals surface area contributed by atoms with Crippen LogP contribution < -0.4 is 0 Å². The largest absolute Gasteiger partial charge is 0.303 e. The molecular weight excluding hydrogens is 150 g/mol. The standard InChI is InChI=1S/C9H9N3/c1-2-7(1)9-8-5-10-3-4-12(8)6-11-9/h3-7H,1-2H2. The Morgan fingerprint density at radius 1 is 1.42 bits per heavy atom. The van der Waals surface area contributed by atoms with E-state index in [2.05, 4.69) is 9.97 Å².